The van der Waals surface area contributed by atoms with Gasteiger partial charge in [-0.3, -0.25) is 9.59 Å². The third-order valence-electron chi connectivity index (χ3n) is 1.69. The Morgan fingerprint density at radius 1 is 1.36 bits per heavy atom. The van der Waals surface area contributed by atoms with Crippen molar-refractivity contribution in [2.24, 2.45) is 5.41 Å². The molecule has 0 heterocycles. The molecular formula is C10H19NO3. The van der Waals surface area contributed by atoms with Gasteiger partial charge in [0.1, 0.15) is 0 Å². The average Bonchev–Trinajstić information content (AvgIpc) is 1.77. The maximum absolute atomic E-state index is 10.8. The van der Waals surface area contributed by atoms with Crippen LogP contribution in [0.25, 0.3) is 0 Å². The van der Waals surface area contributed by atoms with Gasteiger partial charge in [0.25, 0.3) is 0 Å². The largest absolute Gasteiger partial charge is 0.481 e. The summed E-state index contributed by atoms with van der Waals surface area (Å²) in [6.07, 6.45) is 0.649. The summed E-state index contributed by atoms with van der Waals surface area (Å²) < 4.78 is 0. The van der Waals surface area contributed by atoms with Crippen LogP contribution in [0.2, 0.25) is 0 Å². The summed E-state index contributed by atoms with van der Waals surface area (Å²) in [5.41, 5.74) is 0.0164. The van der Waals surface area contributed by atoms with Crippen molar-refractivity contribution in [1.29, 1.82) is 0 Å². The van der Waals surface area contributed by atoms with Gasteiger partial charge in [-0.1, -0.05) is 20.8 Å². The van der Waals surface area contributed by atoms with Gasteiger partial charge < -0.3 is 10.4 Å². The Morgan fingerprint density at radius 3 is 2.14 bits per heavy atom. The second-order valence-electron chi connectivity index (χ2n) is 4.76. The van der Waals surface area contributed by atoms with Gasteiger partial charge in [0.05, 0.1) is 6.42 Å². The molecule has 0 radical (unpaired) electrons. The zero-order chi connectivity index (χ0) is 11.4. The van der Waals surface area contributed by atoms with E-state index in [2.05, 4.69) is 5.32 Å². The van der Waals surface area contributed by atoms with Crippen molar-refractivity contribution < 1.29 is 14.7 Å². The van der Waals surface area contributed by atoms with E-state index in [1.807, 2.05) is 20.8 Å². The summed E-state index contributed by atoms with van der Waals surface area (Å²) >= 11 is 0. The molecule has 0 fully saturated rings. The Bertz CT molecular complexity index is 202. The van der Waals surface area contributed by atoms with Crippen LogP contribution in [0.5, 0.6) is 0 Å². The number of carbonyl (C=O) groups is 2. The second-order valence-corrected chi connectivity index (χ2v) is 4.76. The Morgan fingerprint density at radius 2 is 1.86 bits per heavy atom. The van der Waals surface area contributed by atoms with Gasteiger partial charge in [0.15, 0.2) is 0 Å². The summed E-state index contributed by atoms with van der Waals surface area (Å²) in [6, 6.07) is -0.273. The lowest BCUT2D eigenvalue weighted by molar-refractivity contribution is -0.137. The minimum atomic E-state index is -0.881. The number of amides is 1. The summed E-state index contributed by atoms with van der Waals surface area (Å²) in [5.74, 6) is -1.06. The molecule has 1 atom stereocenters. The van der Waals surface area contributed by atoms with Crippen LogP contribution >= 0.6 is 0 Å². The molecule has 0 aromatic rings. The molecule has 0 bridgehead atoms. The number of rotatable bonds is 4. The highest BCUT2D eigenvalue weighted by Crippen LogP contribution is 2.22. The first-order valence-electron chi connectivity index (χ1n) is 4.69. The van der Waals surface area contributed by atoms with E-state index in [0.717, 1.165) is 0 Å². The highest BCUT2D eigenvalue weighted by atomic mass is 16.4. The Labute approximate surface area is 84.7 Å². The molecule has 4 heteroatoms. The van der Waals surface area contributed by atoms with Gasteiger partial charge >= 0.3 is 5.97 Å². The number of nitrogens with one attached hydrogen (secondary N) is 1. The lowest BCUT2D eigenvalue weighted by atomic mass is 9.87. The number of carboxylic acids is 1. The molecule has 0 aromatic carbocycles. The first kappa shape index (κ1) is 12.9. The minimum absolute atomic E-state index is 0.0164. The monoisotopic (exact) mass is 201 g/mol. The summed E-state index contributed by atoms with van der Waals surface area (Å²) in [7, 11) is 0. The predicted octanol–water partition coefficient (Wildman–Crippen LogP) is 1.40. The Hall–Kier alpha value is -1.06. The lowest BCUT2D eigenvalue weighted by Crippen LogP contribution is -2.37. The molecule has 0 saturated heterocycles. The standard InChI is InChI=1S/C10H19NO3/c1-7(12)11-8(5-9(13)14)6-10(2,3)4/h8H,5-6H2,1-4H3,(H,11,12)(H,13,14). The van der Waals surface area contributed by atoms with E-state index < -0.39 is 5.97 Å². The van der Waals surface area contributed by atoms with E-state index in [1.54, 1.807) is 0 Å². The smallest absolute Gasteiger partial charge is 0.305 e. The number of carbonyl (C=O) groups excluding carboxylic acids is 1. The van der Waals surface area contributed by atoms with Crippen molar-refractivity contribution in [1.82, 2.24) is 5.32 Å². The van der Waals surface area contributed by atoms with E-state index in [-0.39, 0.29) is 23.8 Å². The van der Waals surface area contributed by atoms with Crippen molar-refractivity contribution in [3.8, 4) is 0 Å². The SMILES string of the molecule is CC(=O)NC(CC(=O)O)CC(C)(C)C. The van der Waals surface area contributed by atoms with Crippen LogP contribution in [0.1, 0.15) is 40.5 Å². The van der Waals surface area contributed by atoms with Crippen LogP contribution in [0.3, 0.4) is 0 Å². The van der Waals surface area contributed by atoms with Crippen LogP contribution in [0, 0.1) is 5.41 Å². The van der Waals surface area contributed by atoms with Crippen molar-refractivity contribution >= 4 is 11.9 Å². The topological polar surface area (TPSA) is 66.4 Å². The lowest BCUT2D eigenvalue weighted by Gasteiger charge is -2.25. The second kappa shape index (κ2) is 4.98. The molecule has 1 amide bonds. The first-order valence-corrected chi connectivity index (χ1v) is 4.69. The zero-order valence-corrected chi connectivity index (χ0v) is 9.26. The average molecular weight is 201 g/mol. The third kappa shape index (κ3) is 7.58. The van der Waals surface area contributed by atoms with Gasteiger partial charge in [0, 0.05) is 13.0 Å². The molecule has 0 spiro atoms. The maximum Gasteiger partial charge on any atom is 0.305 e. The van der Waals surface area contributed by atoms with E-state index in [9.17, 15) is 9.59 Å². The fourth-order valence-electron chi connectivity index (χ4n) is 1.41. The van der Waals surface area contributed by atoms with Crippen molar-refractivity contribution in [2.75, 3.05) is 0 Å². The summed E-state index contributed by atoms with van der Waals surface area (Å²) in [6.45, 7) is 7.45. The molecule has 0 aliphatic rings. The van der Waals surface area contributed by atoms with Crippen LogP contribution in [-0.4, -0.2) is 23.0 Å². The molecule has 0 saturated carbocycles. The van der Waals surface area contributed by atoms with Crippen LogP contribution in [-0.2, 0) is 9.59 Å². The van der Waals surface area contributed by atoms with Crippen LogP contribution in [0.15, 0.2) is 0 Å². The van der Waals surface area contributed by atoms with Crippen molar-refractivity contribution in [3.05, 3.63) is 0 Å². The van der Waals surface area contributed by atoms with E-state index in [0.29, 0.717) is 6.42 Å². The summed E-state index contributed by atoms with van der Waals surface area (Å²) in [5, 5.41) is 11.3. The highest BCUT2D eigenvalue weighted by molar-refractivity contribution is 5.74. The normalized spacial score (nSPS) is 13.4. The van der Waals surface area contributed by atoms with Crippen LogP contribution in [0.4, 0.5) is 0 Å². The molecule has 0 rings (SSSR count). The van der Waals surface area contributed by atoms with Crippen LogP contribution < -0.4 is 5.32 Å². The van der Waals surface area contributed by atoms with Gasteiger partial charge in [-0.25, -0.2) is 0 Å². The van der Waals surface area contributed by atoms with Gasteiger partial charge in [-0.15, -0.1) is 0 Å². The summed E-state index contributed by atoms with van der Waals surface area (Å²) in [4.78, 5) is 21.3. The fraction of sp³-hybridized carbons (Fsp3) is 0.800. The first-order chi connectivity index (χ1) is 6.20. The third-order valence-corrected chi connectivity index (χ3v) is 1.69. The molecule has 82 valence electrons. The van der Waals surface area contributed by atoms with E-state index in [4.69, 9.17) is 5.11 Å². The molecule has 4 nitrogen and oxygen atoms in total. The van der Waals surface area contributed by atoms with Gasteiger partial charge in [0.2, 0.25) is 5.91 Å². The molecule has 1 unspecified atom stereocenters. The van der Waals surface area contributed by atoms with Crippen molar-refractivity contribution in [3.63, 3.8) is 0 Å². The zero-order valence-electron chi connectivity index (χ0n) is 9.26. The number of carboxylic acid groups (broad SMARTS) is 1. The van der Waals surface area contributed by atoms with Gasteiger partial charge in [-0.05, 0) is 11.8 Å². The molecule has 14 heavy (non-hydrogen) atoms. The number of hydrogen-bond acceptors (Lipinski definition) is 2. The number of aliphatic carboxylic acids is 1. The number of hydrogen-bond donors (Lipinski definition) is 2. The minimum Gasteiger partial charge on any atom is -0.481 e. The quantitative estimate of drug-likeness (QED) is 0.722. The molecule has 0 aromatic heterocycles. The molecule has 0 aliphatic heterocycles. The van der Waals surface area contributed by atoms with Gasteiger partial charge in [-0.2, -0.15) is 0 Å². The predicted molar refractivity (Wildman–Crippen MR) is 53.9 cm³/mol. The molecular weight excluding hydrogens is 182 g/mol. The molecule has 2 N–H and O–H groups in total. The Balaban J connectivity index is 4.24. The van der Waals surface area contributed by atoms with E-state index >= 15 is 0 Å². The maximum atomic E-state index is 10.8. The van der Waals surface area contributed by atoms with Crippen molar-refractivity contribution in [2.45, 2.75) is 46.6 Å². The Kier molecular flexibility index (Phi) is 4.60. The molecule has 0 aliphatic carbocycles. The fourth-order valence-corrected chi connectivity index (χ4v) is 1.41. The van der Waals surface area contributed by atoms with E-state index in [1.165, 1.54) is 6.92 Å². The highest BCUT2D eigenvalue weighted by Gasteiger charge is 2.21.